The average Bonchev–Trinajstić information content (AvgIpc) is 2.59. The zero-order valence-corrected chi connectivity index (χ0v) is 13.5. The van der Waals surface area contributed by atoms with Crippen molar-refractivity contribution in [1.82, 2.24) is 10.9 Å². The van der Waals surface area contributed by atoms with Gasteiger partial charge in [-0.05, 0) is 43.3 Å². The van der Waals surface area contributed by atoms with Crippen molar-refractivity contribution in [2.24, 2.45) is 0 Å². The third kappa shape index (κ3) is 3.96. The molecule has 0 bridgehead atoms. The van der Waals surface area contributed by atoms with Crippen LogP contribution in [0.1, 0.15) is 17.3 Å². The summed E-state index contributed by atoms with van der Waals surface area (Å²) in [5.74, 6) is -2.06. The number of sulfone groups is 1. The molecule has 2 rings (SSSR count). The third-order valence-corrected chi connectivity index (χ3v) is 5.39. The molecular formula is C16H15FN2O4S. The molecule has 0 aromatic heterocycles. The monoisotopic (exact) mass is 350 g/mol. The Kier molecular flexibility index (Phi) is 5.30. The van der Waals surface area contributed by atoms with E-state index in [1.165, 1.54) is 6.92 Å². The predicted octanol–water partition coefficient (Wildman–Crippen LogP) is 1.45. The van der Waals surface area contributed by atoms with Gasteiger partial charge in [-0.25, -0.2) is 12.8 Å². The van der Waals surface area contributed by atoms with Gasteiger partial charge in [0.2, 0.25) is 0 Å². The fraction of sp³-hybridized carbons (Fsp3) is 0.125. The standard InChI is InChI=1S/C16H15FN2O4S/c1-11(24(22,23)14-9-7-13(17)8-10-14)15(20)18-19-16(21)12-5-3-2-4-6-12/h2-11H,1H3,(H,18,20)(H,19,21). The molecule has 0 saturated heterocycles. The highest BCUT2D eigenvalue weighted by Crippen LogP contribution is 2.16. The smallest absolute Gasteiger partial charge is 0.269 e. The largest absolute Gasteiger partial charge is 0.272 e. The lowest BCUT2D eigenvalue weighted by atomic mass is 10.2. The summed E-state index contributed by atoms with van der Waals surface area (Å²) in [5, 5.41) is -1.46. The fourth-order valence-corrected chi connectivity index (χ4v) is 3.12. The van der Waals surface area contributed by atoms with E-state index in [0.717, 1.165) is 24.3 Å². The summed E-state index contributed by atoms with van der Waals surface area (Å²) in [4.78, 5) is 23.6. The molecule has 1 unspecified atom stereocenters. The number of hydrazine groups is 1. The molecule has 6 nitrogen and oxygen atoms in total. The molecule has 0 heterocycles. The number of carbonyl (C=O) groups excluding carboxylic acids is 2. The normalized spacial score (nSPS) is 12.2. The molecule has 0 fully saturated rings. The molecule has 24 heavy (non-hydrogen) atoms. The summed E-state index contributed by atoms with van der Waals surface area (Å²) in [6.45, 7) is 1.18. The van der Waals surface area contributed by atoms with Crippen LogP contribution in [0, 0.1) is 5.82 Å². The molecule has 0 aliphatic rings. The number of rotatable bonds is 4. The van der Waals surface area contributed by atoms with Gasteiger partial charge in [0.1, 0.15) is 11.1 Å². The highest BCUT2D eigenvalue weighted by atomic mass is 32.2. The molecule has 2 amide bonds. The molecule has 2 aromatic carbocycles. The Bertz CT molecular complexity index is 836. The Balaban J connectivity index is 2.04. The van der Waals surface area contributed by atoms with Gasteiger partial charge >= 0.3 is 0 Å². The maximum absolute atomic E-state index is 12.9. The molecule has 0 aliphatic carbocycles. The number of amides is 2. The second-order valence-corrected chi connectivity index (χ2v) is 7.22. The lowest BCUT2D eigenvalue weighted by molar-refractivity contribution is -0.121. The first-order valence-corrected chi connectivity index (χ1v) is 8.51. The number of nitrogens with one attached hydrogen (secondary N) is 2. The van der Waals surface area contributed by atoms with E-state index in [1.807, 2.05) is 0 Å². The van der Waals surface area contributed by atoms with E-state index in [1.54, 1.807) is 30.3 Å². The van der Waals surface area contributed by atoms with Crippen LogP contribution in [0.2, 0.25) is 0 Å². The van der Waals surface area contributed by atoms with Crippen molar-refractivity contribution in [2.75, 3.05) is 0 Å². The van der Waals surface area contributed by atoms with E-state index in [0.29, 0.717) is 5.56 Å². The van der Waals surface area contributed by atoms with Crippen LogP contribution >= 0.6 is 0 Å². The molecule has 0 radical (unpaired) electrons. The lowest BCUT2D eigenvalue weighted by Crippen LogP contribution is -2.47. The van der Waals surface area contributed by atoms with Crippen LogP contribution in [-0.4, -0.2) is 25.5 Å². The number of benzene rings is 2. The van der Waals surface area contributed by atoms with Crippen molar-refractivity contribution in [2.45, 2.75) is 17.1 Å². The number of carbonyl (C=O) groups is 2. The zero-order chi connectivity index (χ0) is 17.7. The molecule has 2 aromatic rings. The SMILES string of the molecule is CC(C(=O)NNC(=O)c1ccccc1)S(=O)(=O)c1ccc(F)cc1. The quantitative estimate of drug-likeness (QED) is 0.645. The number of halogens is 1. The fourth-order valence-electron chi connectivity index (χ4n) is 1.85. The van der Waals surface area contributed by atoms with E-state index in [-0.39, 0.29) is 4.90 Å². The van der Waals surface area contributed by atoms with E-state index in [4.69, 9.17) is 0 Å². The minimum absolute atomic E-state index is 0.180. The van der Waals surface area contributed by atoms with Gasteiger partial charge in [-0.1, -0.05) is 18.2 Å². The molecule has 0 saturated carbocycles. The van der Waals surface area contributed by atoms with Crippen LogP contribution in [-0.2, 0) is 14.6 Å². The Labute approximate surface area is 138 Å². The maximum Gasteiger partial charge on any atom is 0.269 e. The molecule has 1 atom stereocenters. The van der Waals surface area contributed by atoms with Crippen molar-refractivity contribution in [1.29, 1.82) is 0 Å². The van der Waals surface area contributed by atoms with Crippen molar-refractivity contribution in [3.8, 4) is 0 Å². The first-order valence-electron chi connectivity index (χ1n) is 6.97. The number of hydrogen-bond acceptors (Lipinski definition) is 4. The second kappa shape index (κ2) is 7.22. The topological polar surface area (TPSA) is 92.3 Å². The van der Waals surface area contributed by atoms with Crippen molar-refractivity contribution >= 4 is 21.7 Å². The van der Waals surface area contributed by atoms with E-state index in [2.05, 4.69) is 10.9 Å². The average molecular weight is 350 g/mol. The van der Waals surface area contributed by atoms with Crippen molar-refractivity contribution in [3.05, 3.63) is 66.0 Å². The van der Waals surface area contributed by atoms with Gasteiger partial charge in [0, 0.05) is 5.56 Å². The van der Waals surface area contributed by atoms with E-state index < -0.39 is 32.7 Å². The molecule has 126 valence electrons. The van der Waals surface area contributed by atoms with E-state index in [9.17, 15) is 22.4 Å². The van der Waals surface area contributed by atoms with Gasteiger partial charge in [0.25, 0.3) is 11.8 Å². The molecule has 8 heteroatoms. The minimum Gasteiger partial charge on any atom is -0.272 e. The van der Waals surface area contributed by atoms with Crippen LogP contribution in [0.4, 0.5) is 4.39 Å². The highest BCUT2D eigenvalue weighted by molar-refractivity contribution is 7.92. The van der Waals surface area contributed by atoms with E-state index >= 15 is 0 Å². The Hall–Kier alpha value is -2.74. The Morgan fingerprint density at radius 1 is 0.958 bits per heavy atom. The predicted molar refractivity (Wildman–Crippen MR) is 85.1 cm³/mol. The molecule has 2 N–H and O–H groups in total. The summed E-state index contributed by atoms with van der Waals surface area (Å²) >= 11 is 0. The molecule has 0 spiro atoms. The van der Waals surface area contributed by atoms with Crippen molar-refractivity contribution < 1.29 is 22.4 Å². The zero-order valence-electron chi connectivity index (χ0n) is 12.7. The van der Waals surface area contributed by atoms with Crippen molar-refractivity contribution in [3.63, 3.8) is 0 Å². The minimum atomic E-state index is -4.00. The Morgan fingerprint density at radius 3 is 2.12 bits per heavy atom. The van der Waals surface area contributed by atoms with Crippen LogP contribution < -0.4 is 10.9 Å². The summed E-state index contributed by atoms with van der Waals surface area (Å²) in [7, 11) is -4.00. The van der Waals surface area contributed by atoms with Crippen LogP contribution in [0.3, 0.4) is 0 Å². The number of hydrogen-bond donors (Lipinski definition) is 2. The summed E-state index contributed by atoms with van der Waals surface area (Å²) in [6.07, 6.45) is 0. The first-order chi connectivity index (χ1) is 11.3. The van der Waals surface area contributed by atoms with Gasteiger partial charge < -0.3 is 0 Å². The van der Waals surface area contributed by atoms with Gasteiger partial charge in [-0.2, -0.15) is 0 Å². The highest BCUT2D eigenvalue weighted by Gasteiger charge is 2.30. The summed E-state index contributed by atoms with van der Waals surface area (Å²) < 4.78 is 37.5. The lowest BCUT2D eigenvalue weighted by Gasteiger charge is -2.14. The summed E-state index contributed by atoms with van der Waals surface area (Å²) in [6, 6.07) is 12.3. The summed E-state index contributed by atoms with van der Waals surface area (Å²) in [5.41, 5.74) is 4.54. The van der Waals surface area contributed by atoms with Gasteiger partial charge in [0.15, 0.2) is 9.84 Å². The van der Waals surface area contributed by atoms with Gasteiger partial charge in [-0.3, -0.25) is 20.4 Å². The van der Waals surface area contributed by atoms with Gasteiger partial charge in [-0.15, -0.1) is 0 Å². The second-order valence-electron chi connectivity index (χ2n) is 4.95. The maximum atomic E-state index is 12.9. The van der Waals surface area contributed by atoms with Crippen LogP contribution in [0.25, 0.3) is 0 Å². The third-order valence-electron chi connectivity index (χ3n) is 3.31. The Morgan fingerprint density at radius 2 is 1.54 bits per heavy atom. The van der Waals surface area contributed by atoms with Crippen LogP contribution in [0.15, 0.2) is 59.5 Å². The molecular weight excluding hydrogens is 335 g/mol. The first kappa shape index (κ1) is 17.6. The van der Waals surface area contributed by atoms with Gasteiger partial charge in [0.05, 0.1) is 4.90 Å². The van der Waals surface area contributed by atoms with Crippen LogP contribution in [0.5, 0.6) is 0 Å². The molecule has 0 aliphatic heterocycles.